The molecule has 0 bridgehead atoms. The Hall–Kier alpha value is -1.97. The van der Waals surface area contributed by atoms with Crippen molar-refractivity contribution in [2.75, 3.05) is 7.11 Å². The first-order valence-electron chi connectivity index (χ1n) is 8.11. The van der Waals surface area contributed by atoms with Gasteiger partial charge in [-0.2, -0.15) is 0 Å². The Labute approximate surface area is 138 Å². The van der Waals surface area contributed by atoms with Crippen LogP contribution in [0.1, 0.15) is 52.0 Å². The van der Waals surface area contributed by atoms with Crippen molar-refractivity contribution in [2.24, 2.45) is 5.41 Å². The van der Waals surface area contributed by atoms with Crippen LogP contribution in [0.15, 0.2) is 23.8 Å². The zero-order valence-electron chi connectivity index (χ0n) is 14.4. The predicted molar refractivity (Wildman–Crippen MR) is 90.9 cm³/mol. The average Bonchev–Trinajstić information content (AvgIpc) is 2.96. The van der Waals surface area contributed by atoms with Gasteiger partial charge < -0.3 is 14.6 Å². The number of carbonyl (C=O) groups is 1. The maximum Gasteiger partial charge on any atom is 0.332 e. The van der Waals surface area contributed by atoms with Gasteiger partial charge in [-0.05, 0) is 54.9 Å². The molecular formula is C19H26O4. The molecule has 1 aliphatic rings. The Kier molecular flexibility index (Phi) is 5.34. The summed E-state index contributed by atoms with van der Waals surface area (Å²) in [7, 11) is 1.62. The highest BCUT2D eigenvalue weighted by Gasteiger charge is 2.24. The fraction of sp³-hybridized carbons (Fsp3) is 0.526. The van der Waals surface area contributed by atoms with E-state index in [4.69, 9.17) is 9.47 Å². The quantitative estimate of drug-likeness (QED) is 0.810. The Bertz CT molecular complexity index is 590. The lowest BCUT2D eigenvalue weighted by Crippen LogP contribution is -2.17. The van der Waals surface area contributed by atoms with Gasteiger partial charge in [0.1, 0.15) is 0 Å². The number of hydrogen-bond acceptors (Lipinski definition) is 3. The van der Waals surface area contributed by atoms with Gasteiger partial charge >= 0.3 is 5.97 Å². The van der Waals surface area contributed by atoms with E-state index in [0.29, 0.717) is 17.1 Å². The van der Waals surface area contributed by atoms with Crippen molar-refractivity contribution in [3.8, 4) is 11.5 Å². The maximum atomic E-state index is 11.5. The molecule has 1 aromatic rings. The van der Waals surface area contributed by atoms with Crippen LogP contribution < -0.4 is 9.47 Å². The highest BCUT2D eigenvalue weighted by molar-refractivity contribution is 5.93. The number of aliphatic carboxylic acids is 1. The largest absolute Gasteiger partial charge is 0.493 e. The fourth-order valence-electron chi connectivity index (χ4n) is 2.83. The van der Waals surface area contributed by atoms with Gasteiger partial charge in [-0.25, -0.2) is 4.79 Å². The Morgan fingerprint density at radius 2 is 1.87 bits per heavy atom. The predicted octanol–water partition coefficient (Wildman–Crippen LogP) is 4.53. The Balaban J connectivity index is 2.34. The van der Waals surface area contributed by atoms with Gasteiger partial charge in [-0.1, -0.05) is 26.8 Å². The lowest BCUT2D eigenvalue weighted by molar-refractivity contribution is -0.133. The first-order chi connectivity index (χ1) is 10.8. The molecule has 0 unspecified atom stereocenters. The highest BCUT2D eigenvalue weighted by Crippen LogP contribution is 2.34. The molecule has 4 heteroatoms. The van der Waals surface area contributed by atoms with Crippen molar-refractivity contribution < 1.29 is 19.4 Å². The third-order valence-electron chi connectivity index (χ3n) is 4.13. The molecule has 0 amide bonds. The van der Waals surface area contributed by atoms with Crippen molar-refractivity contribution in [3.05, 3.63) is 29.3 Å². The van der Waals surface area contributed by atoms with Crippen molar-refractivity contribution in [3.63, 3.8) is 0 Å². The van der Waals surface area contributed by atoms with Crippen LogP contribution >= 0.6 is 0 Å². The summed E-state index contributed by atoms with van der Waals surface area (Å²) >= 11 is 0. The van der Waals surface area contributed by atoms with E-state index in [2.05, 4.69) is 0 Å². The molecule has 0 radical (unpaired) electrons. The zero-order valence-corrected chi connectivity index (χ0v) is 14.4. The molecule has 1 saturated carbocycles. The molecule has 23 heavy (non-hydrogen) atoms. The minimum absolute atomic E-state index is 0.227. The number of hydrogen-bond donors (Lipinski definition) is 1. The summed E-state index contributed by atoms with van der Waals surface area (Å²) in [4.78, 5) is 11.5. The molecular weight excluding hydrogens is 292 g/mol. The van der Waals surface area contributed by atoms with Gasteiger partial charge in [0.05, 0.1) is 13.2 Å². The van der Waals surface area contributed by atoms with E-state index in [0.717, 1.165) is 18.4 Å². The van der Waals surface area contributed by atoms with E-state index in [1.165, 1.54) is 12.8 Å². The summed E-state index contributed by atoms with van der Waals surface area (Å²) in [6.45, 7) is 5.69. The molecule has 0 heterocycles. The molecule has 0 atom stereocenters. The Morgan fingerprint density at radius 3 is 2.39 bits per heavy atom. The standard InChI is InChI=1S/C19H26O4/c1-19(2,3)15(18(20)21)11-13-9-10-16(22-4)17(12-13)23-14-7-5-6-8-14/h9-12,14H,5-8H2,1-4H3,(H,20,21). The molecule has 1 aliphatic carbocycles. The van der Waals surface area contributed by atoms with E-state index in [1.807, 2.05) is 39.0 Å². The van der Waals surface area contributed by atoms with Crippen LogP contribution in [0.5, 0.6) is 11.5 Å². The number of rotatable bonds is 5. The van der Waals surface area contributed by atoms with Crippen LogP contribution in [0.4, 0.5) is 0 Å². The van der Waals surface area contributed by atoms with Crippen LogP contribution in [-0.4, -0.2) is 24.3 Å². The van der Waals surface area contributed by atoms with Crippen molar-refractivity contribution >= 4 is 12.0 Å². The number of ether oxygens (including phenoxy) is 2. The SMILES string of the molecule is COc1ccc(C=C(C(=O)O)C(C)(C)C)cc1OC1CCCC1. The second-order valence-corrected chi connectivity index (χ2v) is 7.05. The molecule has 0 spiro atoms. The van der Waals surface area contributed by atoms with Gasteiger partial charge in [-0.3, -0.25) is 0 Å². The number of methoxy groups -OCH3 is 1. The van der Waals surface area contributed by atoms with Gasteiger partial charge in [0.15, 0.2) is 11.5 Å². The molecule has 1 N–H and O–H groups in total. The van der Waals surface area contributed by atoms with Crippen molar-refractivity contribution in [1.29, 1.82) is 0 Å². The Morgan fingerprint density at radius 1 is 1.22 bits per heavy atom. The first kappa shape index (κ1) is 17.4. The second-order valence-electron chi connectivity index (χ2n) is 7.05. The highest BCUT2D eigenvalue weighted by atomic mass is 16.5. The van der Waals surface area contributed by atoms with Crippen molar-refractivity contribution in [1.82, 2.24) is 0 Å². The molecule has 126 valence electrons. The summed E-state index contributed by atoms with van der Waals surface area (Å²) in [5.74, 6) is 0.472. The normalized spacial score (nSPS) is 16.4. The lowest BCUT2D eigenvalue weighted by Gasteiger charge is -2.20. The third-order valence-corrected chi connectivity index (χ3v) is 4.13. The molecule has 4 nitrogen and oxygen atoms in total. The summed E-state index contributed by atoms with van der Waals surface area (Å²) in [5.41, 5.74) is 0.749. The number of carboxylic acids is 1. The molecule has 1 aromatic carbocycles. The zero-order chi connectivity index (χ0) is 17.0. The number of benzene rings is 1. The van der Waals surface area contributed by atoms with E-state index >= 15 is 0 Å². The molecule has 1 fully saturated rings. The second kappa shape index (κ2) is 7.07. The van der Waals surface area contributed by atoms with Crippen LogP contribution in [0.2, 0.25) is 0 Å². The van der Waals surface area contributed by atoms with Gasteiger partial charge in [-0.15, -0.1) is 0 Å². The summed E-state index contributed by atoms with van der Waals surface area (Å²) < 4.78 is 11.4. The summed E-state index contributed by atoms with van der Waals surface area (Å²) in [6.07, 6.45) is 6.45. The fourth-order valence-corrected chi connectivity index (χ4v) is 2.83. The van der Waals surface area contributed by atoms with E-state index in [-0.39, 0.29) is 6.10 Å². The topological polar surface area (TPSA) is 55.8 Å². The smallest absolute Gasteiger partial charge is 0.332 e. The third kappa shape index (κ3) is 4.50. The van der Waals surface area contributed by atoms with E-state index in [9.17, 15) is 9.90 Å². The molecule has 0 aromatic heterocycles. The van der Waals surface area contributed by atoms with E-state index < -0.39 is 11.4 Å². The maximum absolute atomic E-state index is 11.5. The van der Waals surface area contributed by atoms with E-state index in [1.54, 1.807) is 13.2 Å². The van der Waals surface area contributed by atoms with Gasteiger partial charge in [0.25, 0.3) is 0 Å². The number of carboxylic acid groups (broad SMARTS) is 1. The molecule has 2 rings (SSSR count). The van der Waals surface area contributed by atoms with Gasteiger partial charge in [0, 0.05) is 5.57 Å². The van der Waals surface area contributed by atoms with Crippen LogP contribution in [0.25, 0.3) is 6.08 Å². The summed E-state index contributed by atoms with van der Waals surface area (Å²) in [5, 5.41) is 9.45. The first-order valence-corrected chi connectivity index (χ1v) is 8.11. The molecule has 0 saturated heterocycles. The average molecular weight is 318 g/mol. The van der Waals surface area contributed by atoms with Gasteiger partial charge in [0.2, 0.25) is 0 Å². The van der Waals surface area contributed by atoms with Crippen molar-refractivity contribution in [2.45, 2.75) is 52.6 Å². The van der Waals surface area contributed by atoms with Crippen LogP contribution in [0, 0.1) is 5.41 Å². The van der Waals surface area contributed by atoms with Crippen LogP contribution in [-0.2, 0) is 4.79 Å². The monoisotopic (exact) mass is 318 g/mol. The minimum Gasteiger partial charge on any atom is -0.493 e. The lowest BCUT2D eigenvalue weighted by atomic mass is 9.85. The van der Waals surface area contributed by atoms with Crippen LogP contribution in [0.3, 0.4) is 0 Å². The molecule has 0 aliphatic heterocycles. The minimum atomic E-state index is -0.897. The summed E-state index contributed by atoms with van der Waals surface area (Å²) in [6, 6.07) is 5.55.